The number of thiophene rings is 1. The fourth-order valence-corrected chi connectivity index (χ4v) is 3.05. The van der Waals surface area contributed by atoms with Gasteiger partial charge < -0.3 is 5.32 Å². The molecule has 0 spiro atoms. The predicted molar refractivity (Wildman–Crippen MR) is 94.7 cm³/mol. The fraction of sp³-hybridized carbons (Fsp3) is 0.158. The molecule has 0 bridgehead atoms. The van der Waals surface area contributed by atoms with E-state index in [1.54, 1.807) is 29.7 Å². The van der Waals surface area contributed by atoms with Crippen molar-refractivity contribution in [1.29, 1.82) is 0 Å². The number of rotatable bonds is 5. The molecule has 23 heavy (non-hydrogen) atoms. The van der Waals surface area contributed by atoms with Crippen molar-refractivity contribution in [2.75, 3.05) is 6.54 Å². The molecule has 1 aromatic carbocycles. The van der Waals surface area contributed by atoms with Crippen LogP contribution >= 0.6 is 11.3 Å². The van der Waals surface area contributed by atoms with Gasteiger partial charge in [0.2, 0.25) is 0 Å². The van der Waals surface area contributed by atoms with Crippen molar-refractivity contribution < 1.29 is 4.79 Å². The third-order valence-electron chi connectivity index (χ3n) is 3.80. The molecule has 1 atom stereocenters. The molecule has 1 unspecified atom stereocenters. The SMILES string of the molecule is CC(CNC(=O)c1ccccn1)c1ccc(-c2ccsc2)cc1. The standard InChI is InChI=1S/C19H18N2OS/c1-14(12-21-19(22)18-4-2-3-10-20-18)15-5-7-16(8-6-15)17-9-11-23-13-17/h2-11,13-14H,12H2,1H3,(H,21,22). The number of amides is 1. The molecule has 0 aliphatic carbocycles. The van der Waals surface area contributed by atoms with Crippen molar-refractivity contribution in [3.8, 4) is 11.1 Å². The van der Waals surface area contributed by atoms with Crippen LogP contribution in [0.25, 0.3) is 11.1 Å². The average Bonchev–Trinajstić information content (AvgIpc) is 3.15. The molecule has 0 saturated carbocycles. The Balaban J connectivity index is 1.60. The van der Waals surface area contributed by atoms with Gasteiger partial charge in [-0.3, -0.25) is 9.78 Å². The number of hydrogen-bond donors (Lipinski definition) is 1. The minimum Gasteiger partial charge on any atom is -0.350 e. The van der Waals surface area contributed by atoms with Crippen LogP contribution in [0.1, 0.15) is 28.9 Å². The molecule has 3 aromatic rings. The Labute approximate surface area is 140 Å². The summed E-state index contributed by atoms with van der Waals surface area (Å²) in [7, 11) is 0. The molecule has 3 nitrogen and oxygen atoms in total. The first-order valence-corrected chi connectivity index (χ1v) is 8.50. The van der Waals surface area contributed by atoms with Gasteiger partial charge in [-0.15, -0.1) is 0 Å². The number of aromatic nitrogens is 1. The van der Waals surface area contributed by atoms with Crippen molar-refractivity contribution >= 4 is 17.2 Å². The number of nitrogens with one attached hydrogen (secondary N) is 1. The van der Waals surface area contributed by atoms with Crippen LogP contribution in [-0.2, 0) is 0 Å². The number of benzene rings is 1. The van der Waals surface area contributed by atoms with Gasteiger partial charge in [0, 0.05) is 12.7 Å². The van der Waals surface area contributed by atoms with E-state index in [9.17, 15) is 4.79 Å². The van der Waals surface area contributed by atoms with Gasteiger partial charge in [0.25, 0.3) is 5.91 Å². The minimum absolute atomic E-state index is 0.132. The van der Waals surface area contributed by atoms with Gasteiger partial charge in [-0.25, -0.2) is 0 Å². The van der Waals surface area contributed by atoms with Crippen LogP contribution in [0, 0.1) is 0 Å². The molecule has 2 aromatic heterocycles. The van der Waals surface area contributed by atoms with Crippen molar-refractivity contribution in [2.45, 2.75) is 12.8 Å². The van der Waals surface area contributed by atoms with Gasteiger partial charge in [0.15, 0.2) is 0 Å². The first kappa shape index (κ1) is 15.4. The second-order valence-corrected chi connectivity index (χ2v) is 6.24. The molecular formula is C19H18N2OS. The van der Waals surface area contributed by atoms with E-state index in [4.69, 9.17) is 0 Å². The second-order valence-electron chi connectivity index (χ2n) is 5.46. The van der Waals surface area contributed by atoms with E-state index in [0.29, 0.717) is 12.2 Å². The van der Waals surface area contributed by atoms with Crippen molar-refractivity contribution in [3.63, 3.8) is 0 Å². The maximum Gasteiger partial charge on any atom is 0.269 e. The van der Waals surface area contributed by atoms with Crippen molar-refractivity contribution in [2.24, 2.45) is 0 Å². The van der Waals surface area contributed by atoms with Crippen LogP contribution in [0.4, 0.5) is 0 Å². The molecule has 0 saturated heterocycles. The lowest BCUT2D eigenvalue weighted by Crippen LogP contribution is -2.28. The van der Waals surface area contributed by atoms with E-state index >= 15 is 0 Å². The summed E-state index contributed by atoms with van der Waals surface area (Å²) in [6.45, 7) is 2.70. The van der Waals surface area contributed by atoms with Crippen LogP contribution in [0.3, 0.4) is 0 Å². The Hall–Kier alpha value is -2.46. The number of pyridine rings is 1. The van der Waals surface area contributed by atoms with E-state index in [0.717, 1.165) is 0 Å². The van der Waals surface area contributed by atoms with E-state index in [-0.39, 0.29) is 11.8 Å². The van der Waals surface area contributed by atoms with Crippen LogP contribution in [-0.4, -0.2) is 17.4 Å². The van der Waals surface area contributed by atoms with Crippen LogP contribution in [0.2, 0.25) is 0 Å². The monoisotopic (exact) mass is 322 g/mol. The lowest BCUT2D eigenvalue weighted by molar-refractivity contribution is 0.0946. The zero-order valence-electron chi connectivity index (χ0n) is 12.9. The zero-order chi connectivity index (χ0) is 16.1. The third-order valence-corrected chi connectivity index (χ3v) is 4.48. The molecule has 1 N–H and O–H groups in total. The molecule has 0 radical (unpaired) electrons. The summed E-state index contributed by atoms with van der Waals surface area (Å²) >= 11 is 1.70. The maximum absolute atomic E-state index is 12.0. The van der Waals surface area contributed by atoms with Crippen LogP contribution < -0.4 is 5.32 Å². The summed E-state index contributed by atoms with van der Waals surface area (Å²) in [6.07, 6.45) is 1.63. The summed E-state index contributed by atoms with van der Waals surface area (Å²) in [6, 6.07) is 16.0. The first-order valence-electron chi connectivity index (χ1n) is 7.56. The summed E-state index contributed by atoms with van der Waals surface area (Å²) in [4.78, 5) is 16.1. The molecule has 116 valence electrons. The third kappa shape index (κ3) is 3.85. The number of carbonyl (C=O) groups is 1. The highest BCUT2D eigenvalue weighted by Crippen LogP contribution is 2.24. The minimum atomic E-state index is -0.132. The van der Waals surface area contributed by atoms with E-state index in [1.807, 2.05) is 6.07 Å². The van der Waals surface area contributed by atoms with Gasteiger partial charge in [0.05, 0.1) is 0 Å². The smallest absolute Gasteiger partial charge is 0.269 e. The average molecular weight is 322 g/mol. The quantitative estimate of drug-likeness (QED) is 0.759. The number of carbonyl (C=O) groups excluding carboxylic acids is 1. The molecule has 3 rings (SSSR count). The zero-order valence-corrected chi connectivity index (χ0v) is 13.7. The van der Waals surface area contributed by atoms with Crippen molar-refractivity contribution in [1.82, 2.24) is 10.3 Å². The normalized spacial score (nSPS) is 11.9. The highest BCUT2D eigenvalue weighted by Gasteiger charge is 2.10. The summed E-state index contributed by atoms with van der Waals surface area (Å²) in [5, 5.41) is 7.17. The molecule has 0 aliphatic heterocycles. The lowest BCUT2D eigenvalue weighted by atomic mass is 9.98. The van der Waals surface area contributed by atoms with Gasteiger partial charge in [-0.05, 0) is 51.6 Å². The van der Waals surface area contributed by atoms with Gasteiger partial charge in [0.1, 0.15) is 5.69 Å². The lowest BCUT2D eigenvalue weighted by Gasteiger charge is -2.13. The van der Waals surface area contributed by atoms with Gasteiger partial charge >= 0.3 is 0 Å². The Morgan fingerprint density at radius 3 is 2.61 bits per heavy atom. The largest absolute Gasteiger partial charge is 0.350 e. The Bertz CT molecular complexity index is 752. The van der Waals surface area contributed by atoms with E-state index in [1.165, 1.54) is 16.7 Å². The fourth-order valence-electron chi connectivity index (χ4n) is 2.38. The highest BCUT2D eigenvalue weighted by atomic mass is 32.1. The molecule has 0 fully saturated rings. The van der Waals surface area contributed by atoms with Gasteiger partial charge in [-0.1, -0.05) is 37.3 Å². The molecular weight excluding hydrogens is 304 g/mol. The summed E-state index contributed by atoms with van der Waals surface area (Å²) in [5.41, 5.74) is 4.13. The van der Waals surface area contributed by atoms with Crippen molar-refractivity contribution in [3.05, 3.63) is 76.7 Å². The van der Waals surface area contributed by atoms with E-state index < -0.39 is 0 Å². The Morgan fingerprint density at radius 1 is 1.13 bits per heavy atom. The summed E-state index contributed by atoms with van der Waals surface area (Å²) in [5.74, 6) is 0.117. The van der Waals surface area contributed by atoms with E-state index in [2.05, 4.69) is 58.3 Å². The Morgan fingerprint density at radius 2 is 1.96 bits per heavy atom. The second kappa shape index (κ2) is 7.20. The van der Waals surface area contributed by atoms with Crippen LogP contribution in [0.5, 0.6) is 0 Å². The highest BCUT2D eigenvalue weighted by molar-refractivity contribution is 7.08. The molecule has 1 amide bonds. The molecule has 2 heterocycles. The topological polar surface area (TPSA) is 42.0 Å². The summed E-state index contributed by atoms with van der Waals surface area (Å²) < 4.78 is 0. The van der Waals surface area contributed by atoms with Crippen LogP contribution in [0.15, 0.2) is 65.5 Å². The Kier molecular flexibility index (Phi) is 4.83. The predicted octanol–water partition coefficient (Wildman–Crippen LogP) is 4.34. The molecule has 0 aliphatic rings. The number of hydrogen-bond acceptors (Lipinski definition) is 3. The first-order chi connectivity index (χ1) is 11.2. The van der Waals surface area contributed by atoms with Gasteiger partial charge in [-0.2, -0.15) is 11.3 Å². The molecule has 4 heteroatoms. The number of nitrogens with zero attached hydrogens (tertiary/aromatic N) is 1. The maximum atomic E-state index is 12.0.